The number of aryl methyl sites for hydroxylation is 2. The molecule has 164 valence electrons. The minimum atomic E-state index is -0.477. The number of benzene rings is 1. The largest absolute Gasteiger partial charge is 0.391 e. The summed E-state index contributed by atoms with van der Waals surface area (Å²) in [5.41, 5.74) is 5.39. The van der Waals surface area contributed by atoms with Crippen molar-refractivity contribution in [3.63, 3.8) is 0 Å². The summed E-state index contributed by atoms with van der Waals surface area (Å²) in [6.07, 6.45) is 6.57. The van der Waals surface area contributed by atoms with Gasteiger partial charge in [0.25, 0.3) is 5.91 Å². The second kappa shape index (κ2) is 8.24. The molecule has 7 nitrogen and oxygen atoms in total. The molecule has 5 rings (SSSR count). The maximum Gasteiger partial charge on any atom is 0.270 e. The summed E-state index contributed by atoms with van der Waals surface area (Å²) < 4.78 is 3.73. The molecule has 7 heteroatoms. The molecule has 0 unspecified atom stereocenters. The van der Waals surface area contributed by atoms with Crippen LogP contribution in [0.5, 0.6) is 0 Å². The monoisotopic (exact) mass is 429 g/mol. The third kappa shape index (κ3) is 3.91. The van der Waals surface area contributed by atoms with Crippen LogP contribution < -0.4 is 5.32 Å². The van der Waals surface area contributed by atoms with Gasteiger partial charge >= 0.3 is 0 Å². The highest BCUT2D eigenvalue weighted by atomic mass is 16.3. The number of aliphatic hydroxyl groups is 1. The standard InChI is InChI=1S/C25H27N5O2/c1-29-12-10-19-18(14-16-6-8-17(9-7-16)20-11-13-30(2)28-20)15-22(26-24(19)29)25(32)27-21-4-3-5-23(21)31/h6-13,15,21,23,31H,3-5,14H2,1-2H3,(H,27,32)/t21-,23-/m1/s1. The summed E-state index contributed by atoms with van der Waals surface area (Å²) in [6.45, 7) is 0. The fourth-order valence-electron chi connectivity index (χ4n) is 4.50. The van der Waals surface area contributed by atoms with Gasteiger partial charge in [-0.3, -0.25) is 9.48 Å². The van der Waals surface area contributed by atoms with Crippen LogP contribution in [0, 0.1) is 0 Å². The van der Waals surface area contributed by atoms with Crippen molar-refractivity contribution in [3.8, 4) is 11.3 Å². The Morgan fingerprint density at radius 3 is 2.62 bits per heavy atom. The van der Waals surface area contributed by atoms with Gasteiger partial charge in [-0.25, -0.2) is 4.98 Å². The maximum absolute atomic E-state index is 12.9. The van der Waals surface area contributed by atoms with E-state index < -0.39 is 6.10 Å². The van der Waals surface area contributed by atoms with Crippen molar-refractivity contribution in [2.75, 3.05) is 0 Å². The molecule has 1 saturated carbocycles. The van der Waals surface area contributed by atoms with E-state index in [-0.39, 0.29) is 11.9 Å². The molecule has 0 radical (unpaired) electrons. The molecule has 0 bridgehead atoms. The number of hydrogen-bond acceptors (Lipinski definition) is 4. The highest BCUT2D eigenvalue weighted by Gasteiger charge is 2.27. The number of fused-ring (bicyclic) bond motifs is 1. The number of nitrogens with one attached hydrogen (secondary N) is 1. The highest BCUT2D eigenvalue weighted by Crippen LogP contribution is 2.25. The van der Waals surface area contributed by atoms with E-state index in [0.717, 1.165) is 52.7 Å². The van der Waals surface area contributed by atoms with Gasteiger partial charge < -0.3 is 15.0 Å². The van der Waals surface area contributed by atoms with Crippen molar-refractivity contribution >= 4 is 16.9 Å². The van der Waals surface area contributed by atoms with Crippen molar-refractivity contribution < 1.29 is 9.90 Å². The SMILES string of the molecule is Cn1ccc(-c2ccc(Cc3cc(C(=O)N[C@@H]4CCC[C@H]4O)nc4c3ccn4C)cc2)n1. The second-order valence-corrected chi connectivity index (χ2v) is 8.66. The number of hydrogen-bond donors (Lipinski definition) is 2. The molecular formula is C25H27N5O2. The summed E-state index contributed by atoms with van der Waals surface area (Å²) in [6, 6.07) is 14.1. The first kappa shape index (κ1) is 20.5. The minimum absolute atomic E-state index is 0.198. The van der Waals surface area contributed by atoms with Gasteiger partial charge in [0.2, 0.25) is 0 Å². The Hall–Kier alpha value is -3.45. The molecule has 1 amide bonds. The van der Waals surface area contributed by atoms with Gasteiger partial charge in [0, 0.05) is 37.4 Å². The van der Waals surface area contributed by atoms with Gasteiger partial charge in [-0.1, -0.05) is 24.3 Å². The molecule has 1 aliphatic carbocycles. The van der Waals surface area contributed by atoms with E-state index in [9.17, 15) is 9.90 Å². The molecule has 3 aromatic heterocycles. The van der Waals surface area contributed by atoms with Crippen LogP contribution in [0.3, 0.4) is 0 Å². The number of carbonyl (C=O) groups excluding carboxylic acids is 1. The molecule has 3 heterocycles. The number of carbonyl (C=O) groups is 1. The summed E-state index contributed by atoms with van der Waals surface area (Å²) in [5.74, 6) is -0.231. The Kier molecular flexibility index (Phi) is 5.27. The van der Waals surface area contributed by atoms with Crippen LogP contribution in [-0.2, 0) is 20.5 Å². The average molecular weight is 430 g/mol. The van der Waals surface area contributed by atoms with E-state index in [1.54, 1.807) is 4.68 Å². The lowest BCUT2D eigenvalue weighted by Crippen LogP contribution is -2.40. The van der Waals surface area contributed by atoms with E-state index in [4.69, 9.17) is 0 Å². The van der Waals surface area contributed by atoms with Crippen LogP contribution in [0.4, 0.5) is 0 Å². The Labute approximate surface area is 186 Å². The van der Waals surface area contributed by atoms with Crippen molar-refractivity contribution in [3.05, 3.63) is 71.7 Å². The van der Waals surface area contributed by atoms with Crippen LogP contribution in [0.2, 0.25) is 0 Å². The summed E-state index contributed by atoms with van der Waals surface area (Å²) in [4.78, 5) is 17.5. The summed E-state index contributed by atoms with van der Waals surface area (Å²) in [5, 5.41) is 18.5. The normalized spacial score (nSPS) is 18.3. The van der Waals surface area contributed by atoms with E-state index in [1.807, 2.05) is 49.3 Å². The van der Waals surface area contributed by atoms with Crippen LogP contribution in [0.15, 0.2) is 54.9 Å². The lowest BCUT2D eigenvalue weighted by Gasteiger charge is -2.16. The van der Waals surface area contributed by atoms with Gasteiger partial charge in [-0.15, -0.1) is 0 Å². The van der Waals surface area contributed by atoms with Gasteiger partial charge in [-0.2, -0.15) is 5.10 Å². The van der Waals surface area contributed by atoms with Gasteiger partial charge in [0.15, 0.2) is 0 Å². The fraction of sp³-hybridized carbons (Fsp3) is 0.320. The molecule has 1 fully saturated rings. The van der Waals surface area contributed by atoms with E-state index in [0.29, 0.717) is 12.1 Å². The first-order chi connectivity index (χ1) is 15.5. The summed E-state index contributed by atoms with van der Waals surface area (Å²) >= 11 is 0. The van der Waals surface area contributed by atoms with Crippen LogP contribution >= 0.6 is 0 Å². The predicted octanol–water partition coefficient (Wildman–Crippen LogP) is 3.21. The van der Waals surface area contributed by atoms with E-state index >= 15 is 0 Å². The zero-order valence-electron chi connectivity index (χ0n) is 18.3. The third-order valence-electron chi connectivity index (χ3n) is 6.31. The average Bonchev–Trinajstić information content (AvgIpc) is 3.50. The Balaban J connectivity index is 1.43. The third-order valence-corrected chi connectivity index (χ3v) is 6.31. The highest BCUT2D eigenvalue weighted by molar-refractivity contribution is 5.95. The molecule has 1 aliphatic rings. The zero-order valence-corrected chi connectivity index (χ0v) is 18.3. The Morgan fingerprint density at radius 2 is 1.94 bits per heavy atom. The molecule has 32 heavy (non-hydrogen) atoms. The fourth-order valence-corrected chi connectivity index (χ4v) is 4.50. The number of aromatic nitrogens is 4. The lowest BCUT2D eigenvalue weighted by atomic mass is 10.0. The minimum Gasteiger partial charge on any atom is -0.391 e. The number of rotatable bonds is 5. The molecule has 0 spiro atoms. The van der Waals surface area contributed by atoms with Crippen LogP contribution in [-0.4, -0.2) is 42.5 Å². The quantitative estimate of drug-likeness (QED) is 0.510. The topological polar surface area (TPSA) is 85.0 Å². The summed E-state index contributed by atoms with van der Waals surface area (Å²) in [7, 11) is 3.84. The van der Waals surface area contributed by atoms with E-state index in [2.05, 4.69) is 39.7 Å². The maximum atomic E-state index is 12.9. The van der Waals surface area contributed by atoms with Crippen molar-refractivity contribution in [1.82, 2.24) is 24.6 Å². The molecule has 2 N–H and O–H groups in total. The zero-order chi connectivity index (χ0) is 22.2. The first-order valence-electron chi connectivity index (χ1n) is 11.0. The van der Waals surface area contributed by atoms with Crippen molar-refractivity contribution in [2.45, 2.75) is 37.8 Å². The Bertz CT molecular complexity index is 1270. The first-order valence-corrected chi connectivity index (χ1v) is 11.0. The number of nitrogens with zero attached hydrogens (tertiary/aromatic N) is 4. The predicted molar refractivity (Wildman–Crippen MR) is 123 cm³/mol. The number of amides is 1. The van der Waals surface area contributed by atoms with Crippen molar-refractivity contribution in [1.29, 1.82) is 0 Å². The van der Waals surface area contributed by atoms with Crippen molar-refractivity contribution in [2.24, 2.45) is 14.1 Å². The number of aliphatic hydroxyl groups excluding tert-OH is 1. The van der Waals surface area contributed by atoms with Gasteiger partial charge in [-0.05, 0) is 55.0 Å². The van der Waals surface area contributed by atoms with E-state index in [1.165, 1.54) is 0 Å². The smallest absolute Gasteiger partial charge is 0.270 e. The van der Waals surface area contributed by atoms with Gasteiger partial charge in [0.1, 0.15) is 11.3 Å². The molecule has 0 aliphatic heterocycles. The lowest BCUT2D eigenvalue weighted by molar-refractivity contribution is 0.0868. The molecular weight excluding hydrogens is 402 g/mol. The van der Waals surface area contributed by atoms with Crippen LogP contribution in [0.25, 0.3) is 22.3 Å². The molecule has 4 aromatic rings. The molecule has 2 atom stereocenters. The molecule has 0 saturated heterocycles. The van der Waals surface area contributed by atoms with Crippen LogP contribution in [0.1, 0.15) is 40.9 Å². The van der Waals surface area contributed by atoms with Gasteiger partial charge in [0.05, 0.1) is 17.8 Å². The second-order valence-electron chi connectivity index (χ2n) is 8.66. The number of pyridine rings is 1. The molecule has 1 aromatic carbocycles. The Morgan fingerprint density at radius 1 is 1.12 bits per heavy atom.